The fraction of sp³-hybridized carbons (Fsp3) is 0.462. The Labute approximate surface area is 113 Å². The highest BCUT2D eigenvalue weighted by Crippen LogP contribution is 2.18. The largest absolute Gasteiger partial charge is 0.463 e. The topological polar surface area (TPSA) is 90.1 Å². The van der Waals surface area contributed by atoms with Gasteiger partial charge in [0.15, 0.2) is 0 Å². The minimum Gasteiger partial charge on any atom is -0.463 e. The van der Waals surface area contributed by atoms with E-state index in [1.165, 1.54) is 6.08 Å². The molecule has 6 heteroatoms. The van der Waals surface area contributed by atoms with Gasteiger partial charge in [-0.3, -0.25) is 0 Å². The number of nitrogens with two attached hydrogens (primary N) is 1. The van der Waals surface area contributed by atoms with E-state index in [2.05, 4.69) is 15.3 Å². The van der Waals surface area contributed by atoms with Crippen molar-refractivity contribution in [2.24, 2.45) is 0 Å². The van der Waals surface area contributed by atoms with Crippen LogP contribution >= 0.6 is 0 Å². The molecule has 1 aromatic rings. The van der Waals surface area contributed by atoms with Crippen LogP contribution in [0.25, 0.3) is 6.08 Å². The van der Waals surface area contributed by atoms with Crippen LogP contribution in [0.3, 0.4) is 0 Å². The average Bonchev–Trinajstić information content (AvgIpc) is 2.35. The van der Waals surface area contributed by atoms with Gasteiger partial charge in [-0.2, -0.15) is 4.98 Å². The highest BCUT2D eigenvalue weighted by atomic mass is 16.5. The van der Waals surface area contributed by atoms with Crippen LogP contribution in [0, 0.1) is 6.92 Å². The first-order chi connectivity index (χ1) is 9.08. The van der Waals surface area contributed by atoms with Crippen LogP contribution < -0.4 is 11.1 Å². The summed E-state index contributed by atoms with van der Waals surface area (Å²) in [4.78, 5) is 19.6. The van der Waals surface area contributed by atoms with Crippen LogP contribution in [-0.2, 0) is 9.53 Å². The number of aromatic nitrogens is 2. The second kappa shape index (κ2) is 7.35. The minimum atomic E-state index is -0.375. The van der Waals surface area contributed by atoms with Crippen molar-refractivity contribution in [1.82, 2.24) is 9.97 Å². The summed E-state index contributed by atoms with van der Waals surface area (Å²) in [5.41, 5.74) is 7.05. The molecule has 0 fully saturated rings. The molecule has 0 aliphatic heterocycles. The molecule has 104 valence electrons. The lowest BCUT2D eigenvalue weighted by Gasteiger charge is -2.09. The zero-order chi connectivity index (χ0) is 14.3. The molecule has 0 aromatic carbocycles. The molecule has 0 bridgehead atoms. The maximum absolute atomic E-state index is 11.4. The van der Waals surface area contributed by atoms with Gasteiger partial charge in [0.25, 0.3) is 0 Å². The van der Waals surface area contributed by atoms with Crippen LogP contribution in [0.5, 0.6) is 0 Å². The second-order valence-corrected chi connectivity index (χ2v) is 3.96. The molecule has 0 saturated carbocycles. The Morgan fingerprint density at radius 3 is 2.79 bits per heavy atom. The first kappa shape index (κ1) is 14.9. The van der Waals surface area contributed by atoms with E-state index < -0.39 is 0 Å². The number of nitrogens with zero attached hydrogens (tertiary/aromatic N) is 2. The molecule has 0 radical (unpaired) electrons. The summed E-state index contributed by atoms with van der Waals surface area (Å²) in [5.74, 6) is 0.451. The zero-order valence-corrected chi connectivity index (χ0v) is 11.6. The molecule has 1 heterocycles. The molecule has 0 aliphatic rings. The van der Waals surface area contributed by atoms with Crippen molar-refractivity contribution in [2.45, 2.75) is 27.2 Å². The predicted octanol–water partition coefficient (Wildman–Crippen LogP) is 1.77. The highest BCUT2D eigenvalue weighted by molar-refractivity contribution is 5.88. The number of nitrogen functional groups attached to an aromatic ring is 1. The van der Waals surface area contributed by atoms with Gasteiger partial charge in [-0.25, -0.2) is 9.78 Å². The SMILES string of the molecule is CCCOC(=O)/C=C/c1c(C)nc(N)nc1NCC. The molecule has 1 rings (SSSR count). The average molecular weight is 264 g/mol. The van der Waals surface area contributed by atoms with Gasteiger partial charge in [0.05, 0.1) is 12.3 Å². The smallest absolute Gasteiger partial charge is 0.330 e. The van der Waals surface area contributed by atoms with E-state index in [9.17, 15) is 4.79 Å². The number of anilines is 2. The Morgan fingerprint density at radius 2 is 2.16 bits per heavy atom. The standard InChI is InChI=1S/C13H20N4O2/c1-4-8-19-11(18)7-6-10-9(3)16-13(14)17-12(10)15-5-2/h6-7H,4-5,8H2,1-3H3,(H3,14,15,16,17)/b7-6+. The van der Waals surface area contributed by atoms with E-state index in [4.69, 9.17) is 10.5 Å². The first-order valence-corrected chi connectivity index (χ1v) is 6.31. The van der Waals surface area contributed by atoms with E-state index in [0.717, 1.165) is 12.0 Å². The third-order valence-corrected chi connectivity index (χ3v) is 2.33. The Morgan fingerprint density at radius 1 is 1.42 bits per heavy atom. The van der Waals surface area contributed by atoms with Crippen molar-refractivity contribution >= 4 is 23.8 Å². The van der Waals surface area contributed by atoms with Crippen molar-refractivity contribution in [1.29, 1.82) is 0 Å². The summed E-state index contributed by atoms with van der Waals surface area (Å²) in [5, 5.41) is 3.09. The molecule has 0 spiro atoms. The Balaban J connectivity index is 2.92. The van der Waals surface area contributed by atoms with Crippen LogP contribution in [0.4, 0.5) is 11.8 Å². The summed E-state index contributed by atoms with van der Waals surface area (Å²) >= 11 is 0. The first-order valence-electron chi connectivity index (χ1n) is 6.31. The molecular weight excluding hydrogens is 244 g/mol. The quantitative estimate of drug-likeness (QED) is 0.601. The lowest BCUT2D eigenvalue weighted by Crippen LogP contribution is -2.08. The summed E-state index contributed by atoms with van der Waals surface area (Å²) in [6, 6.07) is 0. The molecule has 0 atom stereocenters. The van der Waals surface area contributed by atoms with Crippen LogP contribution in [0.1, 0.15) is 31.5 Å². The third kappa shape index (κ3) is 4.57. The maximum Gasteiger partial charge on any atom is 0.330 e. The lowest BCUT2D eigenvalue weighted by atomic mass is 10.2. The van der Waals surface area contributed by atoms with Gasteiger partial charge in [0, 0.05) is 18.2 Å². The number of esters is 1. The van der Waals surface area contributed by atoms with Crippen molar-refractivity contribution in [2.75, 3.05) is 24.2 Å². The van der Waals surface area contributed by atoms with E-state index in [0.29, 0.717) is 24.7 Å². The van der Waals surface area contributed by atoms with Gasteiger partial charge in [0.2, 0.25) is 5.95 Å². The van der Waals surface area contributed by atoms with E-state index in [1.54, 1.807) is 6.08 Å². The van der Waals surface area contributed by atoms with Crippen molar-refractivity contribution in [3.63, 3.8) is 0 Å². The van der Waals surface area contributed by atoms with E-state index in [1.807, 2.05) is 20.8 Å². The summed E-state index contributed by atoms with van der Waals surface area (Å²) in [6.45, 7) is 6.84. The number of hydrogen-bond donors (Lipinski definition) is 2. The molecule has 0 unspecified atom stereocenters. The second-order valence-electron chi connectivity index (χ2n) is 3.96. The third-order valence-electron chi connectivity index (χ3n) is 2.33. The molecule has 0 amide bonds. The van der Waals surface area contributed by atoms with Gasteiger partial charge < -0.3 is 15.8 Å². The Bertz CT molecular complexity index is 472. The van der Waals surface area contributed by atoms with Crippen LogP contribution in [-0.4, -0.2) is 29.1 Å². The molecule has 6 nitrogen and oxygen atoms in total. The number of carbonyl (C=O) groups excluding carboxylic acids is 1. The summed E-state index contributed by atoms with van der Waals surface area (Å²) < 4.78 is 4.96. The highest BCUT2D eigenvalue weighted by Gasteiger charge is 2.08. The molecule has 0 saturated heterocycles. The van der Waals surface area contributed by atoms with Crippen LogP contribution in [0.2, 0.25) is 0 Å². The normalized spacial score (nSPS) is 10.7. The van der Waals surface area contributed by atoms with Crippen molar-refractivity contribution in [3.05, 3.63) is 17.3 Å². The van der Waals surface area contributed by atoms with Crippen molar-refractivity contribution in [3.8, 4) is 0 Å². The molecular formula is C13H20N4O2. The number of hydrogen-bond acceptors (Lipinski definition) is 6. The Hall–Kier alpha value is -2.11. The van der Waals surface area contributed by atoms with Crippen molar-refractivity contribution < 1.29 is 9.53 Å². The molecule has 19 heavy (non-hydrogen) atoms. The number of ether oxygens (including phenoxy) is 1. The fourth-order valence-electron chi connectivity index (χ4n) is 1.51. The van der Waals surface area contributed by atoms with Crippen LogP contribution in [0.15, 0.2) is 6.08 Å². The van der Waals surface area contributed by atoms with E-state index in [-0.39, 0.29) is 11.9 Å². The molecule has 3 N–H and O–H groups in total. The number of carbonyl (C=O) groups is 1. The van der Waals surface area contributed by atoms with Gasteiger partial charge in [-0.15, -0.1) is 0 Å². The summed E-state index contributed by atoms with van der Waals surface area (Å²) in [6.07, 6.45) is 3.81. The minimum absolute atomic E-state index is 0.208. The fourth-order valence-corrected chi connectivity index (χ4v) is 1.51. The van der Waals surface area contributed by atoms with Gasteiger partial charge in [0.1, 0.15) is 5.82 Å². The molecule has 0 aliphatic carbocycles. The monoisotopic (exact) mass is 264 g/mol. The number of aryl methyl sites for hydroxylation is 1. The summed E-state index contributed by atoms with van der Waals surface area (Å²) in [7, 11) is 0. The maximum atomic E-state index is 11.4. The lowest BCUT2D eigenvalue weighted by molar-refractivity contribution is -0.137. The van der Waals surface area contributed by atoms with E-state index >= 15 is 0 Å². The Kier molecular flexibility index (Phi) is 5.78. The van der Waals surface area contributed by atoms with Gasteiger partial charge >= 0.3 is 5.97 Å². The predicted molar refractivity (Wildman–Crippen MR) is 75.6 cm³/mol. The number of nitrogens with one attached hydrogen (secondary N) is 1. The zero-order valence-electron chi connectivity index (χ0n) is 11.6. The number of rotatable bonds is 6. The van der Waals surface area contributed by atoms with Gasteiger partial charge in [-0.05, 0) is 26.3 Å². The molecule has 1 aromatic heterocycles. The van der Waals surface area contributed by atoms with Gasteiger partial charge in [-0.1, -0.05) is 6.92 Å².